The van der Waals surface area contributed by atoms with Crippen molar-refractivity contribution in [1.82, 2.24) is 0 Å². The summed E-state index contributed by atoms with van der Waals surface area (Å²) in [6, 6.07) is 21.5. The highest BCUT2D eigenvalue weighted by Crippen LogP contribution is 2.46. The summed E-state index contributed by atoms with van der Waals surface area (Å²) >= 11 is 0. The summed E-state index contributed by atoms with van der Waals surface area (Å²) in [5, 5.41) is 4.46. The third-order valence-electron chi connectivity index (χ3n) is 6.08. The number of oxime groups is 1. The third kappa shape index (κ3) is 3.04. The smallest absolute Gasteiger partial charge is 0.351 e. The average molecular weight is 425 g/mol. The molecule has 0 unspecified atom stereocenters. The SMILES string of the molecule is Cc1ccc([C@@H]2ON=C(c3c(C)cc(C)cc3C)[C@]23N=C(c2ccccc2)OC3=O)cc1. The lowest BCUT2D eigenvalue weighted by atomic mass is 9.79. The van der Waals surface area contributed by atoms with Crippen LogP contribution in [0.5, 0.6) is 0 Å². The molecule has 2 aliphatic heterocycles. The van der Waals surface area contributed by atoms with Gasteiger partial charge >= 0.3 is 5.97 Å². The summed E-state index contributed by atoms with van der Waals surface area (Å²) in [5.74, 6) is -0.189. The van der Waals surface area contributed by atoms with Gasteiger partial charge in [-0.25, -0.2) is 9.79 Å². The minimum atomic E-state index is -1.41. The lowest BCUT2D eigenvalue weighted by Crippen LogP contribution is -2.46. The largest absolute Gasteiger partial charge is 0.405 e. The maximum Gasteiger partial charge on any atom is 0.351 e. The minimum Gasteiger partial charge on any atom is -0.405 e. The van der Waals surface area contributed by atoms with Gasteiger partial charge in [0.2, 0.25) is 5.90 Å². The van der Waals surface area contributed by atoms with Crippen LogP contribution in [0.1, 0.15) is 45.0 Å². The monoisotopic (exact) mass is 424 g/mol. The predicted octanol–water partition coefficient (Wildman–Crippen LogP) is 5.14. The van der Waals surface area contributed by atoms with Gasteiger partial charge in [-0.2, -0.15) is 0 Å². The number of ether oxygens (including phenoxy) is 1. The molecule has 3 aromatic rings. The van der Waals surface area contributed by atoms with Crippen molar-refractivity contribution in [3.05, 3.63) is 106 Å². The molecule has 0 aliphatic carbocycles. The van der Waals surface area contributed by atoms with Crippen LogP contribution in [-0.2, 0) is 14.4 Å². The highest BCUT2D eigenvalue weighted by atomic mass is 16.7. The molecule has 2 heterocycles. The van der Waals surface area contributed by atoms with Crippen LogP contribution in [-0.4, -0.2) is 23.1 Å². The Balaban J connectivity index is 1.73. The second-order valence-electron chi connectivity index (χ2n) is 8.55. The number of nitrogens with zero attached hydrogens (tertiary/aromatic N) is 2. The lowest BCUT2D eigenvalue weighted by Gasteiger charge is -2.25. The van der Waals surface area contributed by atoms with Crippen LogP contribution in [0.25, 0.3) is 0 Å². The second-order valence-corrected chi connectivity index (χ2v) is 8.55. The highest BCUT2D eigenvalue weighted by Gasteiger charge is 2.62. The highest BCUT2D eigenvalue weighted by molar-refractivity contribution is 6.27. The van der Waals surface area contributed by atoms with Gasteiger partial charge in [0.05, 0.1) is 0 Å². The number of aliphatic imine (C=N–C) groups is 1. The molecule has 0 saturated carbocycles. The van der Waals surface area contributed by atoms with E-state index in [0.29, 0.717) is 5.71 Å². The van der Waals surface area contributed by atoms with E-state index in [1.807, 2.05) is 75.4 Å². The van der Waals surface area contributed by atoms with Crippen LogP contribution in [0.15, 0.2) is 76.9 Å². The first-order chi connectivity index (χ1) is 15.4. The molecule has 0 bridgehead atoms. The first kappa shape index (κ1) is 20.2. The molecule has 32 heavy (non-hydrogen) atoms. The fourth-order valence-electron chi connectivity index (χ4n) is 4.62. The van der Waals surface area contributed by atoms with E-state index < -0.39 is 17.6 Å². The van der Waals surface area contributed by atoms with Crippen LogP contribution in [0, 0.1) is 27.7 Å². The number of rotatable bonds is 3. The van der Waals surface area contributed by atoms with Crippen molar-refractivity contribution in [2.24, 2.45) is 10.1 Å². The van der Waals surface area contributed by atoms with E-state index in [2.05, 4.69) is 24.2 Å². The fourth-order valence-corrected chi connectivity index (χ4v) is 4.62. The standard InChI is InChI=1S/C27H24N2O3/c1-16-10-12-20(13-11-16)24-27(26(30)31-25(28-27)21-8-6-5-7-9-21)23(29-32-24)22-18(3)14-17(2)15-19(22)4/h5-15,24H,1-4H3/t24-,27-/m0/s1. The summed E-state index contributed by atoms with van der Waals surface area (Å²) in [5.41, 5.74) is 5.83. The third-order valence-corrected chi connectivity index (χ3v) is 6.08. The van der Waals surface area contributed by atoms with Crippen molar-refractivity contribution in [2.75, 3.05) is 0 Å². The quantitative estimate of drug-likeness (QED) is 0.547. The molecular formula is C27H24N2O3. The number of esters is 1. The molecule has 0 aromatic heterocycles. The van der Waals surface area contributed by atoms with Gasteiger partial charge in [0.25, 0.3) is 5.54 Å². The Kier molecular flexibility index (Phi) is 4.70. The second kappa shape index (κ2) is 7.45. The molecule has 0 radical (unpaired) electrons. The Morgan fingerprint density at radius 1 is 0.844 bits per heavy atom. The Bertz CT molecular complexity index is 1250. The molecule has 0 amide bonds. The van der Waals surface area contributed by atoms with Crippen molar-refractivity contribution in [3.8, 4) is 0 Å². The average Bonchev–Trinajstić information content (AvgIpc) is 3.30. The fraction of sp³-hybridized carbons (Fsp3) is 0.222. The summed E-state index contributed by atoms with van der Waals surface area (Å²) in [6.45, 7) is 8.11. The van der Waals surface area contributed by atoms with E-state index in [-0.39, 0.29) is 5.90 Å². The number of cyclic esters (lactones) is 1. The topological polar surface area (TPSA) is 60.3 Å². The Morgan fingerprint density at radius 3 is 2.16 bits per heavy atom. The molecule has 5 rings (SSSR count). The van der Waals surface area contributed by atoms with Gasteiger partial charge in [-0.15, -0.1) is 0 Å². The van der Waals surface area contributed by atoms with E-state index in [1.54, 1.807) is 0 Å². The van der Waals surface area contributed by atoms with Crippen molar-refractivity contribution < 1.29 is 14.4 Å². The van der Waals surface area contributed by atoms with E-state index in [0.717, 1.165) is 38.9 Å². The maximum absolute atomic E-state index is 13.6. The molecule has 3 aromatic carbocycles. The summed E-state index contributed by atoms with van der Waals surface area (Å²) in [7, 11) is 0. The summed E-state index contributed by atoms with van der Waals surface area (Å²) < 4.78 is 5.77. The Labute approximate surface area is 187 Å². The molecule has 0 N–H and O–H groups in total. The molecule has 1 spiro atoms. The molecule has 0 fully saturated rings. The van der Waals surface area contributed by atoms with Crippen molar-refractivity contribution in [2.45, 2.75) is 39.3 Å². The van der Waals surface area contributed by atoms with Crippen LogP contribution < -0.4 is 0 Å². The van der Waals surface area contributed by atoms with Crippen molar-refractivity contribution in [3.63, 3.8) is 0 Å². The predicted molar refractivity (Wildman–Crippen MR) is 124 cm³/mol. The molecule has 5 nitrogen and oxygen atoms in total. The zero-order chi connectivity index (χ0) is 22.5. The number of benzene rings is 3. The van der Waals surface area contributed by atoms with Crippen molar-refractivity contribution in [1.29, 1.82) is 0 Å². The lowest BCUT2D eigenvalue weighted by molar-refractivity contribution is -0.139. The van der Waals surface area contributed by atoms with Gasteiger partial charge in [-0.05, 0) is 56.5 Å². The zero-order valence-corrected chi connectivity index (χ0v) is 18.5. The van der Waals surface area contributed by atoms with Gasteiger partial charge in [-0.1, -0.05) is 70.9 Å². The van der Waals surface area contributed by atoms with Gasteiger partial charge in [0.15, 0.2) is 6.10 Å². The first-order valence-electron chi connectivity index (χ1n) is 10.7. The maximum atomic E-state index is 13.6. The first-order valence-corrected chi connectivity index (χ1v) is 10.7. The number of hydrogen-bond acceptors (Lipinski definition) is 5. The van der Waals surface area contributed by atoms with Gasteiger partial charge in [0.1, 0.15) is 5.71 Å². The summed E-state index contributed by atoms with van der Waals surface area (Å²) in [4.78, 5) is 24.5. The van der Waals surface area contributed by atoms with E-state index in [4.69, 9.17) is 14.6 Å². The van der Waals surface area contributed by atoms with Crippen LogP contribution >= 0.6 is 0 Å². The van der Waals surface area contributed by atoms with Gasteiger partial charge in [-0.3, -0.25) is 0 Å². The van der Waals surface area contributed by atoms with Crippen molar-refractivity contribution >= 4 is 17.6 Å². The van der Waals surface area contributed by atoms with Gasteiger partial charge < -0.3 is 9.57 Å². The normalized spacial score (nSPS) is 21.9. The van der Waals surface area contributed by atoms with Crippen LogP contribution in [0.2, 0.25) is 0 Å². The molecule has 0 saturated heterocycles. The Morgan fingerprint density at radius 2 is 1.50 bits per heavy atom. The Hall–Kier alpha value is -3.73. The molecule has 2 atom stereocenters. The number of carbonyl (C=O) groups is 1. The summed E-state index contributed by atoms with van der Waals surface area (Å²) in [6.07, 6.45) is -0.716. The molecule has 2 aliphatic rings. The van der Waals surface area contributed by atoms with E-state index in [1.165, 1.54) is 0 Å². The molecular weight excluding hydrogens is 400 g/mol. The number of hydrogen-bond donors (Lipinski definition) is 0. The van der Waals surface area contributed by atoms with E-state index in [9.17, 15) is 4.79 Å². The van der Waals surface area contributed by atoms with Gasteiger partial charge in [0, 0.05) is 11.1 Å². The van der Waals surface area contributed by atoms with E-state index >= 15 is 0 Å². The minimum absolute atomic E-state index is 0.285. The molecule has 5 heteroatoms. The van der Waals surface area contributed by atoms with Crippen LogP contribution in [0.4, 0.5) is 0 Å². The zero-order valence-electron chi connectivity index (χ0n) is 18.5. The number of carbonyl (C=O) groups excluding carboxylic acids is 1. The number of aryl methyl sites for hydroxylation is 4. The molecule has 160 valence electrons. The van der Waals surface area contributed by atoms with Crippen LogP contribution in [0.3, 0.4) is 0 Å².